The summed E-state index contributed by atoms with van der Waals surface area (Å²) in [6.07, 6.45) is 1.49. The fourth-order valence-corrected chi connectivity index (χ4v) is 3.90. The molecule has 3 heterocycles. The van der Waals surface area contributed by atoms with Crippen LogP contribution in [-0.4, -0.2) is 51.7 Å². The van der Waals surface area contributed by atoms with E-state index in [9.17, 15) is 4.79 Å². The Morgan fingerprint density at radius 3 is 2.41 bits per heavy atom. The lowest BCUT2D eigenvalue weighted by atomic mass is 10.1. The van der Waals surface area contributed by atoms with Crippen molar-refractivity contribution in [2.75, 3.05) is 18.0 Å². The third-order valence-corrected chi connectivity index (χ3v) is 4.96. The van der Waals surface area contributed by atoms with E-state index in [1.54, 1.807) is 12.3 Å². The lowest BCUT2D eigenvalue weighted by Crippen LogP contribution is -2.59. The number of ether oxygens (including phenoxy) is 1. The molecule has 2 aromatic rings. The molecule has 1 fully saturated rings. The van der Waals surface area contributed by atoms with E-state index >= 15 is 0 Å². The highest BCUT2D eigenvalue weighted by atomic mass is 35.5. The van der Waals surface area contributed by atoms with Gasteiger partial charge in [0.1, 0.15) is 10.8 Å². The molecule has 1 aliphatic rings. The monoisotopic (exact) mass is 410 g/mol. The smallest absolute Gasteiger partial charge is 0.410 e. The number of hydrogen-bond donors (Lipinski definition) is 0. The Morgan fingerprint density at radius 1 is 1.19 bits per heavy atom. The van der Waals surface area contributed by atoms with Crippen molar-refractivity contribution in [3.8, 4) is 0 Å². The normalized spacial score (nSPS) is 20.9. The third-order valence-electron chi connectivity index (χ3n) is 4.46. The first kappa shape index (κ1) is 20.0. The number of carbonyl (C=O) groups is 1. The molecule has 2 aromatic heterocycles. The number of halogens is 2. The maximum Gasteiger partial charge on any atom is 0.410 e. The molecule has 0 spiro atoms. The summed E-state index contributed by atoms with van der Waals surface area (Å²) in [5.74, 6) is 0. The lowest BCUT2D eigenvalue weighted by molar-refractivity contribution is 0.00566. The molecular weight excluding hydrogens is 387 g/mol. The third kappa shape index (κ3) is 4.38. The van der Waals surface area contributed by atoms with Crippen molar-refractivity contribution in [3.63, 3.8) is 0 Å². The van der Waals surface area contributed by atoms with Crippen LogP contribution in [0, 0.1) is 0 Å². The van der Waals surface area contributed by atoms with E-state index in [4.69, 9.17) is 27.9 Å². The summed E-state index contributed by atoms with van der Waals surface area (Å²) in [7, 11) is 0. The molecule has 0 saturated carbocycles. The molecule has 0 N–H and O–H groups in total. The molecule has 0 radical (unpaired) electrons. The second-order valence-corrected chi connectivity index (χ2v) is 8.78. The number of anilines is 1. The van der Waals surface area contributed by atoms with Crippen LogP contribution in [0.2, 0.25) is 10.2 Å². The Hall–Kier alpha value is -1.79. The highest BCUT2D eigenvalue weighted by Gasteiger charge is 2.35. The summed E-state index contributed by atoms with van der Waals surface area (Å²) in [4.78, 5) is 25.2. The van der Waals surface area contributed by atoms with Gasteiger partial charge in [-0.25, -0.2) is 14.8 Å². The predicted octanol–water partition coefficient (Wildman–Crippen LogP) is 4.77. The summed E-state index contributed by atoms with van der Waals surface area (Å²) in [5.41, 5.74) is 0.946. The Morgan fingerprint density at radius 2 is 1.81 bits per heavy atom. The van der Waals surface area contributed by atoms with E-state index in [1.807, 2.05) is 45.6 Å². The topological polar surface area (TPSA) is 58.6 Å². The molecule has 1 amide bonds. The van der Waals surface area contributed by atoms with Crippen LogP contribution in [0.3, 0.4) is 0 Å². The van der Waals surface area contributed by atoms with Gasteiger partial charge in [-0.3, -0.25) is 4.90 Å². The SMILES string of the molecule is C[C@@H]1CN(c2cnc3nc(Cl)cc(Cl)c3c2)C[C@H](C)N1C(=O)OC(C)(C)C. The van der Waals surface area contributed by atoms with Gasteiger partial charge in [-0.2, -0.15) is 0 Å². The molecule has 146 valence electrons. The second-order valence-electron chi connectivity index (χ2n) is 7.98. The summed E-state index contributed by atoms with van der Waals surface area (Å²) in [6.45, 7) is 11.0. The average molecular weight is 411 g/mol. The fraction of sp³-hybridized carbons (Fsp3) is 0.526. The molecule has 0 aliphatic carbocycles. The van der Waals surface area contributed by atoms with Gasteiger partial charge in [0.15, 0.2) is 5.65 Å². The van der Waals surface area contributed by atoms with Crippen molar-refractivity contribution in [1.82, 2.24) is 14.9 Å². The Labute approximate surface area is 169 Å². The predicted molar refractivity (Wildman–Crippen MR) is 109 cm³/mol. The molecule has 3 rings (SSSR count). The zero-order valence-electron chi connectivity index (χ0n) is 16.2. The van der Waals surface area contributed by atoms with Crippen molar-refractivity contribution in [3.05, 3.63) is 28.5 Å². The van der Waals surface area contributed by atoms with Gasteiger partial charge in [-0.05, 0) is 46.8 Å². The van der Waals surface area contributed by atoms with E-state index in [-0.39, 0.29) is 18.2 Å². The summed E-state index contributed by atoms with van der Waals surface area (Å²) >= 11 is 12.3. The zero-order chi connectivity index (χ0) is 19.9. The molecule has 8 heteroatoms. The van der Waals surface area contributed by atoms with E-state index < -0.39 is 5.60 Å². The number of nitrogens with zero attached hydrogens (tertiary/aromatic N) is 4. The quantitative estimate of drug-likeness (QED) is 0.633. The molecule has 2 atom stereocenters. The van der Waals surface area contributed by atoms with Gasteiger partial charge in [0.25, 0.3) is 0 Å². The molecule has 1 saturated heterocycles. The number of hydrogen-bond acceptors (Lipinski definition) is 5. The maximum absolute atomic E-state index is 12.6. The van der Waals surface area contributed by atoms with Crippen molar-refractivity contribution < 1.29 is 9.53 Å². The lowest BCUT2D eigenvalue weighted by Gasteiger charge is -2.45. The largest absolute Gasteiger partial charge is 0.444 e. The molecule has 0 bridgehead atoms. The van der Waals surface area contributed by atoms with Crippen LogP contribution >= 0.6 is 23.2 Å². The van der Waals surface area contributed by atoms with Gasteiger partial charge in [0, 0.05) is 18.5 Å². The van der Waals surface area contributed by atoms with Crippen molar-refractivity contribution in [2.45, 2.75) is 52.3 Å². The van der Waals surface area contributed by atoms with Gasteiger partial charge in [-0.1, -0.05) is 23.2 Å². The van der Waals surface area contributed by atoms with E-state index in [1.165, 1.54) is 0 Å². The Bertz CT molecular complexity index is 857. The molecule has 0 unspecified atom stereocenters. The fourth-order valence-electron chi connectivity index (χ4n) is 3.41. The number of rotatable bonds is 1. The van der Waals surface area contributed by atoms with Crippen LogP contribution in [0.25, 0.3) is 11.0 Å². The summed E-state index contributed by atoms with van der Waals surface area (Å²) in [5, 5.41) is 1.60. The first-order chi connectivity index (χ1) is 12.5. The standard InChI is InChI=1S/C19H24Cl2N4O2/c1-11-9-24(10-12(2)25(11)18(26)27-19(3,4)5)13-6-14-15(20)7-16(21)23-17(14)22-8-13/h6-8,11-12H,9-10H2,1-5H3/t11-,12+. The molecular formula is C19H24Cl2N4O2. The minimum absolute atomic E-state index is 0.00175. The number of piperazine rings is 1. The minimum Gasteiger partial charge on any atom is -0.444 e. The number of carbonyl (C=O) groups excluding carboxylic acids is 1. The number of aromatic nitrogens is 2. The zero-order valence-corrected chi connectivity index (χ0v) is 17.7. The van der Waals surface area contributed by atoms with Gasteiger partial charge < -0.3 is 9.64 Å². The van der Waals surface area contributed by atoms with Crippen molar-refractivity contribution in [1.29, 1.82) is 0 Å². The van der Waals surface area contributed by atoms with Crippen LogP contribution in [0.1, 0.15) is 34.6 Å². The van der Waals surface area contributed by atoms with Gasteiger partial charge in [0.2, 0.25) is 0 Å². The van der Waals surface area contributed by atoms with Crippen molar-refractivity contribution >= 4 is 46.0 Å². The van der Waals surface area contributed by atoms with E-state index in [0.29, 0.717) is 28.9 Å². The van der Waals surface area contributed by atoms with Gasteiger partial charge in [-0.15, -0.1) is 0 Å². The average Bonchev–Trinajstić information content (AvgIpc) is 2.52. The number of amides is 1. The van der Waals surface area contributed by atoms with Gasteiger partial charge >= 0.3 is 6.09 Å². The Kier molecular flexibility index (Phi) is 5.41. The second kappa shape index (κ2) is 7.32. The molecule has 6 nitrogen and oxygen atoms in total. The van der Waals surface area contributed by atoms with Crippen molar-refractivity contribution in [2.24, 2.45) is 0 Å². The maximum atomic E-state index is 12.6. The minimum atomic E-state index is -0.513. The molecule has 1 aliphatic heterocycles. The van der Waals surface area contributed by atoms with Crippen LogP contribution in [0.4, 0.5) is 10.5 Å². The first-order valence-electron chi connectivity index (χ1n) is 8.93. The Balaban J connectivity index is 1.82. The van der Waals surface area contributed by atoms with E-state index in [0.717, 1.165) is 11.1 Å². The number of pyridine rings is 2. The van der Waals surface area contributed by atoms with Crippen LogP contribution in [0.5, 0.6) is 0 Å². The number of fused-ring (bicyclic) bond motifs is 1. The van der Waals surface area contributed by atoms with Crippen LogP contribution in [0.15, 0.2) is 18.3 Å². The summed E-state index contributed by atoms with van der Waals surface area (Å²) in [6, 6.07) is 3.58. The molecule has 27 heavy (non-hydrogen) atoms. The highest BCUT2D eigenvalue weighted by Crippen LogP contribution is 2.29. The van der Waals surface area contributed by atoms with Crippen LogP contribution < -0.4 is 4.90 Å². The van der Waals surface area contributed by atoms with Crippen LogP contribution in [-0.2, 0) is 4.74 Å². The molecule has 0 aromatic carbocycles. The van der Waals surface area contributed by atoms with Gasteiger partial charge in [0.05, 0.1) is 29.0 Å². The highest BCUT2D eigenvalue weighted by molar-refractivity contribution is 6.37. The summed E-state index contributed by atoms with van der Waals surface area (Å²) < 4.78 is 5.56. The first-order valence-corrected chi connectivity index (χ1v) is 9.69. The van der Waals surface area contributed by atoms with E-state index in [2.05, 4.69) is 14.9 Å².